The number of thiophene rings is 1. The lowest BCUT2D eigenvalue weighted by Gasteiger charge is -2.08. The maximum atomic E-state index is 12.4. The summed E-state index contributed by atoms with van der Waals surface area (Å²) in [5.41, 5.74) is 5.89. The Bertz CT molecular complexity index is 1270. The first-order valence-electron chi connectivity index (χ1n) is 10.2. The second-order valence-electron chi connectivity index (χ2n) is 6.97. The molecule has 0 atom stereocenters. The Hall–Kier alpha value is -3.71. The van der Waals surface area contributed by atoms with E-state index < -0.39 is 5.91 Å². The number of methoxy groups -OCH3 is 1. The molecular formula is C21H21N7O4S2. The predicted molar refractivity (Wildman–Crippen MR) is 126 cm³/mol. The van der Waals surface area contributed by atoms with E-state index in [1.807, 2.05) is 28.1 Å². The van der Waals surface area contributed by atoms with E-state index in [-0.39, 0.29) is 24.6 Å². The smallest absolute Gasteiger partial charge is 0.237 e. The number of hydrogen-bond acceptors (Lipinski definition) is 10. The number of hydrogen-bond donors (Lipinski definition) is 2. The van der Waals surface area contributed by atoms with Gasteiger partial charge < -0.3 is 24.9 Å². The van der Waals surface area contributed by atoms with Gasteiger partial charge in [-0.05, 0) is 23.6 Å². The standard InChI is InChI=1S/C21H21N7O4S2/c1-31-14-6-3-2-5-13(14)23-18(30)11-17-24-19(32-27-17)12-34-21-26-25-20(15-7-4-10-33-15)28(21)9-8-16(22)29/h2-7,10H,8-9,11-12H2,1H3,(H2,22,29)(H,23,30). The van der Waals surface area contributed by atoms with Crippen molar-refractivity contribution >= 4 is 40.6 Å². The van der Waals surface area contributed by atoms with Crippen molar-refractivity contribution in [2.24, 2.45) is 5.73 Å². The molecule has 3 heterocycles. The topological polar surface area (TPSA) is 151 Å². The minimum absolute atomic E-state index is 0.0520. The second kappa shape index (κ2) is 10.9. The third-order valence-corrected chi connectivity index (χ3v) is 6.39. The van der Waals surface area contributed by atoms with Crippen molar-refractivity contribution in [1.29, 1.82) is 0 Å². The lowest BCUT2D eigenvalue weighted by molar-refractivity contribution is -0.118. The van der Waals surface area contributed by atoms with E-state index in [1.165, 1.54) is 30.2 Å². The number of nitrogens with two attached hydrogens (primary N) is 1. The van der Waals surface area contributed by atoms with Gasteiger partial charge in [-0.1, -0.05) is 35.1 Å². The van der Waals surface area contributed by atoms with Gasteiger partial charge in [0.1, 0.15) is 5.75 Å². The summed E-state index contributed by atoms with van der Waals surface area (Å²) in [5.74, 6) is 1.44. The number of amides is 2. The van der Waals surface area contributed by atoms with Crippen LogP contribution in [-0.4, -0.2) is 43.8 Å². The number of primary amides is 1. The molecule has 0 radical (unpaired) electrons. The fourth-order valence-electron chi connectivity index (χ4n) is 3.04. The molecule has 4 aromatic rings. The zero-order valence-electron chi connectivity index (χ0n) is 18.1. The van der Waals surface area contributed by atoms with Gasteiger partial charge >= 0.3 is 0 Å². The van der Waals surface area contributed by atoms with Crippen LogP contribution >= 0.6 is 23.1 Å². The van der Waals surface area contributed by atoms with E-state index >= 15 is 0 Å². The number of anilines is 1. The van der Waals surface area contributed by atoms with Crippen LogP contribution in [0, 0.1) is 0 Å². The Balaban J connectivity index is 1.39. The van der Waals surface area contributed by atoms with Crippen molar-refractivity contribution in [3.63, 3.8) is 0 Å². The van der Waals surface area contributed by atoms with Crippen LogP contribution in [0.2, 0.25) is 0 Å². The Morgan fingerprint density at radius 3 is 2.85 bits per heavy atom. The molecular weight excluding hydrogens is 478 g/mol. The van der Waals surface area contributed by atoms with Crippen molar-refractivity contribution in [2.75, 3.05) is 12.4 Å². The number of para-hydroxylation sites is 2. The number of rotatable bonds is 11. The van der Waals surface area contributed by atoms with Crippen molar-refractivity contribution in [3.8, 4) is 16.5 Å². The maximum absolute atomic E-state index is 12.4. The molecule has 3 aromatic heterocycles. The number of aromatic nitrogens is 5. The van der Waals surface area contributed by atoms with Crippen LogP contribution in [0.4, 0.5) is 5.69 Å². The molecule has 0 aliphatic carbocycles. The average Bonchev–Trinajstić information content (AvgIpc) is 3.57. The monoisotopic (exact) mass is 499 g/mol. The van der Waals surface area contributed by atoms with Gasteiger partial charge in [-0.15, -0.1) is 21.5 Å². The molecule has 2 amide bonds. The molecule has 4 rings (SSSR count). The quantitative estimate of drug-likeness (QED) is 0.297. The van der Waals surface area contributed by atoms with Gasteiger partial charge in [0.2, 0.25) is 17.7 Å². The lowest BCUT2D eigenvalue weighted by Crippen LogP contribution is -2.15. The molecule has 1 aromatic carbocycles. The van der Waals surface area contributed by atoms with Gasteiger partial charge in [-0.25, -0.2) is 0 Å². The zero-order valence-corrected chi connectivity index (χ0v) is 19.8. The molecule has 13 heteroatoms. The van der Waals surface area contributed by atoms with Crippen LogP contribution in [-0.2, 0) is 28.3 Å². The number of nitrogens with zero attached hydrogens (tertiary/aromatic N) is 5. The van der Waals surface area contributed by atoms with E-state index in [4.69, 9.17) is 15.0 Å². The molecule has 0 saturated heterocycles. The molecule has 176 valence electrons. The molecule has 0 aliphatic rings. The molecule has 0 unspecified atom stereocenters. The molecule has 0 spiro atoms. The Morgan fingerprint density at radius 2 is 2.09 bits per heavy atom. The number of benzene rings is 1. The predicted octanol–water partition coefficient (Wildman–Crippen LogP) is 2.75. The Labute approximate surface area is 202 Å². The highest BCUT2D eigenvalue weighted by molar-refractivity contribution is 7.98. The zero-order chi connectivity index (χ0) is 23.9. The van der Waals surface area contributed by atoms with Gasteiger partial charge in [-0.3, -0.25) is 9.59 Å². The van der Waals surface area contributed by atoms with Crippen LogP contribution in [0.5, 0.6) is 5.75 Å². The van der Waals surface area contributed by atoms with E-state index in [1.54, 1.807) is 18.2 Å². The molecule has 34 heavy (non-hydrogen) atoms. The number of carbonyl (C=O) groups is 2. The summed E-state index contributed by atoms with van der Waals surface area (Å²) in [6.45, 7) is 0.357. The van der Waals surface area contributed by atoms with Crippen LogP contribution in [0.15, 0.2) is 51.5 Å². The van der Waals surface area contributed by atoms with Crippen LogP contribution in [0.3, 0.4) is 0 Å². The van der Waals surface area contributed by atoms with Gasteiger partial charge in [-0.2, -0.15) is 4.98 Å². The van der Waals surface area contributed by atoms with Crippen LogP contribution in [0.1, 0.15) is 18.1 Å². The largest absolute Gasteiger partial charge is 0.495 e. The lowest BCUT2D eigenvalue weighted by atomic mass is 10.2. The summed E-state index contributed by atoms with van der Waals surface area (Å²) in [6.07, 6.45) is 0.111. The number of ether oxygens (including phenoxy) is 1. The molecule has 3 N–H and O–H groups in total. The highest BCUT2D eigenvalue weighted by atomic mass is 32.2. The molecule has 0 saturated carbocycles. The fourth-order valence-corrected chi connectivity index (χ4v) is 4.56. The van der Waals surface area contributed by atoms with Crippen molar-refractivity contribution in [2.45, 2.75) is 30.3 Å². The van der Waals surface area contributed by atoms with Crippen molar-refractivity contribution < 1.29 is 18.8 Å². The van der Waals surface area contributed by atoms with Crippen molar-refractivity contribution in [3.05, 3.63) is 53.5 Å². The molecule has 0 bridgehead atoms. The van der Waals surface area contributed by atoms with Gasteiger partial charge in [0.25, 0.3) is 0 Å². The number of carbonyl (C=O) groups excluding carboxylic acids is 2. The maximum Gasteiger partial charge on any atom is 0.237 e. The average molecular weight is 500 g/mol. The first kappa shape index (κ1) is 23.4. The van der Waals surface area contributed by atoms with E-state index in [0.717, 1.165) is 4.88 Å². The third kappa shape index (κ3) is 5.80. The van der Waals surface area contributed by atoms with E-state index in [2.05, 4.69) is 25.7 Å². The van der Waals surface area contributed by atoms with Gasteiger partial charge in [0.05, 0.1) is 29.8 Å². The SMILES string of the molecule is COc1ccccc1NC(=O)Cc1noc(CSc2nnc(-c3cccs3)n2CCC(N)=O)n1. The second-order valence-corrected chi connectivity index (χ2v) is 8.86. The molecule has 11 nitrogen and oxygen atoms in total. The summed E-state index contributed by atoms with van der Waals surface area (Å²) >= 11 is 2.87. The number of nitrogens with one attached hydrogen (secondary N) is 1. The van der Waals surface area contributed by atoms with E-state index in [9.17, 15) is 9.59 Å². The van der Waals surface area contributed by atoms with Crippen LogP contribution in [0.25, 0.3) is 10.7 Å². The normalized spacial score (nSPS) is 10.9. The highest BCUT2D eigenvalue weighted by Gasteiger charge is 2.18. The number of thioether (sulfide) groups is 1. The first-order chi connectivity index (χ1) is 16.5. The highest BCUT2D eigenvalue weighted by Crippen LogP contribution is 2.29. The summed E-state index contributed by atoms with van der Waals surface area (Å²) in [6, 6.07) is 11.0. The van der Waals surface area contributed by atoms with Gasteiger partial charge in [0, 0.05) is 13.0 Å². The first-order valence-corrected chi connectivity index (χ1v) is 12.0. The van der Waals surface area contributed by atoms with Crippen LogP contribution < -0.4 is 15.8 Å². The summed E-state index contributed by atoms with van der Waals surface area (Å²) < 4.78 is 12.4. The summed E-state index contributed by atoms with van der Waals surface area (Å²) in [4.78, 5) is 28.9. The Kier molecular flexibility index (Phi) is 7.54. The third-order valence-electron chi connectivity index (χ3n) is 4.57. The molecule has 0 fully saturated rings. The minimum Gasteiger partial charge on any atom is -0.495 e. The Morgan fingerprint density at radius 1 is 1.24 bits per heavy atom. The fraction of sp³-hybridized carbons (Fsp3) is 0.238. The summed E-state index contributed by atoms with van der Waals surface area (Å²) in [7, 11) is 1.53. The summed E-state index contributed by atoms with van der Waals surface area (Å²) in [5, 5.41) is 17.7. The van der Waals surface area contributed by atoms with Gasteiger partial charge in [0.15, 0.2) is 16.8 Å². The van der Waals surface area contributed by atoms with E-state index in [0.29, 0.717) is 40.6 Å². The molecule has 0 aliphatic heterocycles. The minimum atomic E-state index is -0.408. The van der Waals surface area contributed by atoms with Crippen molar-refractivity contribution in [1.82, 2.24) is 24.9 Å².